The molecule has 0 aliphatic heterocycles. The molecule has 0 aliphatic carbocycles. The molecule has 0 saturated heterocycles. The van der Waals surface area contributed by atoms with Gasteiger partial charge in [-0.25, -0.2) is 0 Å². The number of carbonyl (C=O) groups excluding carboxylic acids is 1. The second-order valence-corrected chi connectivity index (χ2v) is 4.26. The van der Waals surface area contributed by atoms with Crippen molar-refractivity contribution >= 4 is 16.8 Å². The minimum absolute atomic E-state index is 0.300. The summed E-state index contributed by atoms with van der Waals surface area (Å²) in [7, 11) is 0. The Labute approximate surface area is 95.8 Å². The molecule has 2 nitrogen and oxygen atoms in total. The highest BCUT2D eigenvalue weighted by Crippen LogP contribution is 2.08. The fraction of sp³-hybridized carbons (Fsp3) is 0.417. The number of carbonyl (C=O) groups is 1. The van der Waals surface area contributed by atoms with Crippen molar-refractivity contribution in [3.05, 3.63) is 35.9 Å². The second kappa shape index (κ2) is 5.89. The standard InChI is InChI=1S/C12H16ClNO/c1-10(2)14(9-12(13)15)8-11-6-4-3-5-7-11/h3-7,10H,8-9H2,1-2H3. The first kappa shape index (κ1) is 12.2. The first-order valence-corrected chi connectivity index (χ1v) is 5.43. The summed E-state index contributed by atoms with van der Waals surface area (Å²) < 4.78 is 0. The van der Waals surface area contributed by atoms with E-state index in [1.165, 1.54) is 5.56 Å². The minimum Gasteiger partial charge on any atom is -0.288 e. The molecule has 0 fully saturated rings. The van der Waals surface area contributed by atoms with Gasteiger partial charge in [-0.2, -0.15) is 0 Å². The van der Waals surface area contributed by atoms with Gasteiger partial charge in [0.1, 0.15) is 0 Å². The van der Waals surface area contributed by atoms with E-state index in [-0.39, 0.29) is 5.24 Å². The Morgan fingerprint density at radius 3 is 2.40 bits per heavy atom. The van der Waals surface area contributed by atoms with E-state index in [0.29, 0.717) is 12.6 Å². The van der Waals surface area contributed by atoms with Gasteiger partial charge in [0, 0.05) is 12.6 Å². The molecule has 0 aliphatic rings. The van der Waals surface area contributed by atoms with Crippen LogP contribution in [0.25, 0.3) is 0 Å². The van der Waals surface area contributed by atoms with E-state index in [2.05, 4.69) is 13.8 Å². The average molecular weight is 226 g/mol. The zero-order chi connectivity index (χ0) is 11.3. The van der Waals surface area contributed by atoms with Gasteiger partial charge < -0.3 is 0 Å². The van der Waals surface area contributed by atoms with E-state index in [0.717, 1.165) is 6.54 Å². The van der Waals surface area contributed by atoms with E-state index < -0.39 is 0 Å². The van der Waals surface area contributed by atoms with Crippen molar-refractivity contribution in [3.63, 3.8) is 0 Å². The third-order valence-electron chi connectivity index (χ3n) is 2.29. The molecule has 1 rings (SSSR count). The van der Waals surface area contributed by atoms with Crippen LogP contribution in [0.3, 0.4) is 0 Å². The Bertz CT molecular complexity index is 311. The van der Waals surface area contributed by atoms with Gasteiger partial charge in [-0.15, -0.1) is 0 Å². The Morgan fingerprint density at radius 2 is 1.93 bits per heavy atom. The summed E-state index contributed by atoms with van der Waals surface area (Å²) in [5.74, 6) is 0. The molecule has 0 aromatic heterocycles. The van der Waals surface area contributed by atoms with Gasteiger partial charge in [-0.3, -0.25) is 9.69 Å². The van der Waals surface area contributed by atoms with E-state index >= 15 is 0 Å². The summed E-state index contributed by atoms with van der Waals surface area (Å²) in [5.41, 5.74) is 1.20. The van der Waals surface area contributed by atoms with Crippen LogP contribution in [-0.2, 0) is 11.3 Å². The molecular formula is C12H16ClNO. The van der Waals surface area contributed by atoms with Crippen molar-refractivity contribution in [1.82, 2.24) is 4.90 Å². The van der Waals surface area contributed by atoms with Crippen molar-refractivity contribution in [3.8, 4) is 0 Å². The van der Waals surface area contributed by atoms with Crippen LogP contribution >= 0.6 is 11.6 Å². The smallest absolute Gasteiger partial charge is 0.235 e. The molecule has 0 radical (unpaired) electrons. The Balaban J connectivity index is 2.63. The monoisotopic (exact) mass is 225 g/mol. The minimum atomic E-state index is -0.306. The predicted molar refractivity (Wildman–Crippen MR) is 62.8 cm³/mol. The van der Waals surface area contributed by atoms with Gasteiger partial charge in [0.25, 0.3) is 0 Å². The maximum Gasteiger partial charge on any atom is 0.235 e. The van der Waals surface area contributed by atoms with Crippen LogP contribution in [0, 0.1) is 0 Å². The average Bonchev–Trinajstić information content (AvgIpc) is 2.17. The normalized spacial score (nSPS) is 11.0. The summed E-state index contributed by atoms with van der Waals surface area (Å²) >= 11 is 5.40. The molecule has 15 heavy (non-hydrogen) atoms. The largest absolute Gasteiger partial charge is 0.288 e. The number of nitrogens with zero attached hydrogens (tertiary/aromatic N) is 1. The molecule has 3 heteroatoms. The molecule has 0 N–H and O–H groups in total. The van der Waals surface area contributed by atoms with Crippen LogP contribution in [0.1, 0.15) is 19.4 Å². The van der Waals surface area contributed by atoms with Crippen LogP contribution in [0.5, 0.6) is 0 Å². The summed E-state index contributed by atoms with van der Waals surface area (Å²) in [5, 5.41) is -0.306. The molecule has 0 saturated carbocycles. The van der Waals surface area contributed by atoms with Gasteiger partial charge in [0.05, 0.1) is 6.54 Å². The van der Waals surface area contributed by atoms with Crippen LogP contribution in [0.2, 0.25) is 0 Å². The molecule has 0 unspecified atom stereocenters. The van der Waals surface area contributed by atoms with E-state index in [4.69, 9.17) is 11.6 Å². The molecule has 1 aromatic rings. The number of benzene rings is 1. The molecule has 82 valence electrons. The third-order valence-corrected chi connectivity index (χ3v) is 2.41. The fourth-order valence-electron chi connectivity index (χ4n) is 1.40. The molecule has 0 heterocycles. The summed E-state index contributed by atoms with van der Waals surface area (Å²) in [6.07, 6.45) is 0. The fourth-order valence-corrected chi connectivity index (χ4v) is 1.55. The zero-order valence-electron chi connectivity index (χ0n) is 9.11. The Morgan fingerprint density at radius 1 is 1.33 bits per heavy atom. The molecular weight excluding hydrogens is 210 g/mol. The topological polar surface area (TPSA) is 20.3 Å². The lowest BCUT2D eigenvalue weighted by molar-refractivity contribution is -0.113. The quantitative estimate of drug-likeness (QED) is 0.719. The van der Waals surface area contributed by atoms with E-state index in [9.17, 15) is 4.79 Å². The number of hydrogen-bond donors (Lipinski definition) is 0. The molecule has 0 amide bonds. The van der Waals surface area contributed by atoms with Gasteiger partial charge in [0.2, 0.25) is 5.24 Å². The van der Waals surface area contributed by atoms with Crippen molar-refractivity contribution < 1.29 is 4.79 Å². The first-order chi connectivity index (χ1) is 7.09. The predicted octanol–water partition coefficient (Wildman–Crippen LogP) is 2.66. The third kappa shape index (κ3) is 4.45. The SMILES string of the molecule is CC(C)N(CC(=O)Cl)Cc1ccccc1. The van der Waals surface area contributed by atoms with Crippen molar-refractivity contribution in [1.29, 1.82) is 0 Å². The summed E-state index contributed by atoms with van der Waals surface area (Å²) in [6, 6.07) is 10.4. The van der Waals surface area contributed by atoms with Crippen LogP contribution in [0.15, 0.2) is 30.3 Å². The van der Waals surface area contributed by atoms with Gasteiger partial charge in [-0.1, -0.05) is 30.3 Å². The maximum absolute atomic E-state index is 10.9. The number of hydrogen-bond acceptors (Lipinski definition) is 2. The van der Waals surface area contributed by atoms with Gasteiger partial charge in [0.15, 0.2) is 0 Å². The molecule has 0 spiro atoms. The highest BCUT2D eigenvalue weighted by molar-refractivity contribution is 6.64. The van der Waals surface area contributed by atoms with Gasteiger partial charge in [-0.05, 0) is 31.0 Å². The van der Waals surface area contributed by atoms with Crippen molar-refractivity contribution in [2.45, 2.75) is 26.4 Å². The number of rotatable bonds is 5. The maximum atomic E-state index is 10.9. The second-order valence-electron chi connectivity index (χ2n) is 3.84. The van der Waals surface area contributed by atoms with Crippen LogP contribution < -0.4 is 0 Å². The van der Waals surface area contributed by atoms with E-state index in [1.807, 2.05) is 35.2 Å². The Hall–Kier alpha value is -0.860. The lowest BCUT2D eigenvalue weighted by Gasteiger charge is -2.24. The molecule has 0 bridgehead atoms. The molecule has 0 atom stereocenters. The summed E-state index contributed by atoms with van der Waals surface area (Å²) in [6.45, 7) is 5.18. The van der Waals surface area contributed by atoms with Crippen LogP contribution in [0.4, 0.5) is 0 Å². The summed E-state index contributed by atoms with van der Waals surface area (Å²) in [4.78, 5) is 12.9. The Kier molecular flexibility index (Phi) is 4.79. The highest BCUT2D eigenvalue weighted by Gasteiger charge is 2.12. The van der Waals surface area contributed by atoms with Gasteiger partial charge >= 0.3 is 0 Å². The lowest BCUT2D eigenvalue weighted by atomic mass is 10.2. The van der Waals surface area contributed by atoms with Crippen molar-refractivity contribution in [2.24, 2.45) is 0 Å². The van der Waals surface area contributed by atoms with Crippen molar-refractivity contribution in [2.75, 3.05) is 6.54 Å². The zero-order valence-corrected chi connectivity index (χ0v) is 9.87. The van der Waals surface area contributed by atoms with E-state index in [1.54, 1.807) is 0 Å². The number of halogens is 1. The first-order valence-electron chi connectivity index (χ1n) is 5.06. The molecule has 1 aromatic carbocycles. The van der Waals surface area contributed by atoms with Crippen LogP contribution in [-0.4, -0.2) is 22.7 Å². The highest BCUT2D eigenvalue weighted by atomic mass is 35.5. The lowest BCUT2D eigenvalue weighted by Crippen LogP contribution is -2.33.